The van der Waals surface area contributed by atoms with Gasteiger partial charge in [-0.2, -0.15) is 0 Å². The number of ether oxygens (including phenoxy) is 1. The first-order valence-electron chi connectivity index (χ1n) is 3.98. The summed E-state index contributed by atoms with van der Waals surface area (Å²) in [6.45, 7) is 6.00. The highest BCUT2D eigenvalue weighted by molar-refractivity contribution is 5.67. The Labute approximate surface area is 67.3 Å². The first-order chi connectivity index (χ1) is 5.15. The SMILES string of the molecule is COC(=O)N1CC(C)C(C)C1. The van der Waals surface area contributed by atoms with Gasteiger partial charge >= 0.3 is 6.09 Å². The van der Waals surface area contributed by atoms with E-state index in [-0.39, 0.29) is 6.09 Å². The van der Waals surface area contributed by atoms with Gasteiger partial charge in [-0.15, -0.1) is 0 Å². The fourth-order valence-corrected chi connectivity index (χ4v) is 1.41. The van der Waals surface area contributed by atoms with Crippen LogP contribution < -0.4 is 0 Å². The van der Waals surface area contributed by atoms with E-state index in [0.29, 0.717) is 11.8 Å². The smallest absolute Gasteiger partial charge is 0.409 e. The number of carbonyl (C=O) groups excluding carboxylic acids is 1. The zero-order valence-electron chi connectivity index (χ0n) is 7.33. The molecular formula is C8H15NO2. The molecule has 0 bridgehead atoms. The summed E-state index contributed by atoms with van der Waals surface area (Å²) in [4.78, 5) is 12.8. The van der Waals surface area contributed by atoms with E-state index in [1.165, 1.54) is 7.11 Å². The minimum absolute atomic E-state index is 0.193. The lowest BCUT2D eigenvalue weighted by molar-refractivity contribution is 0.131. The van der Waals surface area contributed by atoms with Crippen molar-refractivity contribution in [3.63, 3.8) is 0 Å². The van der Waals surface area contributed by atoms with Crippen molar-refractivity contribution in [2.45, 2.75) is 13.8 Å². The standard InChI is InChI=1S/C8H15NO2/c1-6-4-9(5-7(6)2)8(10)11-3/h6-7H,4-5H2,1-3H3. The van der Waals surface area contributed by atoms with Crippen LogP contribution in [0, 0.1) is 11.8 Å². The molecule has 3 heteroatoms. The quantitative estimate of drug-likeness (QED) is 0.531. The van der Waals surface area contributed by atoms with Gasteiger partial charge < -0.3 is 9.64 Å². The Hall–Kier alpha value is -0.730. The molecule has 0 aliphatic carbocycles. The van der Waals surface area contributed by atoms with E-state index < -0.39 is 0 Å². The molecule has 11 heavy (non-hydrogen) atoms. The third kappa shape index (κ3) is 1.64. The van der Waals surface area contributed by atoms with Crippen LogP contribution in [0.3, 0.4) is 0 Å². The molecule has 1 rings (SSSR count). The normalized spacial score (nSPS) is 30.6. The number of likely N-dealkylation sites (tertiary alicyclic amines) is 1. The zero-order chi connectivity index (χ0) is 8.43. The maximum atomic E-state index is 11.0. The number of hydrogen-bond acceptors (Lipinski definition) is 2. The van der Waals surface area contributed by atoms with Crippen LogP contribution in [0.15, 0.2) is 0 Å². The Morgan fingerprint density at radius 1 is 1.36 bits per heavy atom. The second-order valence-electron chi connectivity index (χ2n) is 3.33. The number of hydrogen-bond donors (Lipinski definition) is 0. The molecule has 0 spiro atoms. The summed E-state index contributed by atoms with van der Waals surface area (Å²) < 4.78 is 4.62. The van der Waals surface area contributed by atoms with Gasteiger partial charge in [0.1, 0.15) is 0 Å². The van der Waals surface area contributed by atoms with Crippen LogP contribution in [0.2, 0.25) is 0 Å². The molecular weight excluding hydrogens is 142 g/mol. The van der Waals surface area contributed by atoms with Gasteiger partial charge in [-0.25, -0.2) is 4.79 Å². The lowest BCUT2D eigenvalue weighted by Crippen LogP contribution is -2.28. The lowest BCUT2D eigenvalue weighted by Gasteiger charge is -2.12. The van der Waals surface area contributed by atoms with Gasteiger partial charge in [-0.05, 0) is 11.8 Å². The minimum atomic E-state index is -0.193. The van der Waals surface area contributed by atoms with Crippen LogP contribution in [0.5, 0.6) is 0 Å². The van der Waals surface area contributed by atoms with E-state index in [2.05, 4.69) is 18.6 Å². The van der Waals surface area contributed by atoms with Gasteiger partial charge in [0.15, 0.2) is 0 Å². The van der Waals surface area contributed by atoms with Crippen molar-refractivity contribution in [3.8, 4) is 0 Å². The fourth-order valence-electron chi connectivity index (χ4n) is 1.41. The number of carbonyl (C=O) groups is 1. The Morgan fingerprint density at radius 2 is 1.82 bits per heavy atom. The summed E-state index contributed by atoms with van der Waals surface area (Å²) >= 11 is 0. The number of nitrogens with zero attached hydrogens (tertiary/aromatic N) is 1. The molecule has 2 atom stereocenters. The number of rotatable bonds is 0. The Kier molecular flexibility index (Phi) is 2.37. The predicted molar refractivity (Wildman–Crippen MR) is 42.3 cm³/mol. The molecule has 0 radical (unpaired) electrons. The molecule has 0 aromatic carbocycles. The van der Waals surface area contributed by atoms with Crippen LogP contribution in [-0.4, -0.2) is 31.2 Å². The third-order valence-electron chi connectivity index (χ3n) is 2.42. The van der Waals surface area contributed by atoms with E-state index in [1.54, 1.807) is 4.90 Å². The Bertz CT molecular complexity index is 148. The van der Waals surface area contributed by atoms with E-state index in [9.17, 15) is 4.79 Å². The highest BCUT2D eigenvalue weighted by Gasteiger charge is 2.29. The Morgan fingerprint density at radius 3 is 2.18 bits per heavy atom. The molecule has 0 N–H and O–H groups in total. The monoisotopic (exact) mass is 157 g/mol. The van der Waals surface area contributed by atoms with Crippen LogP contribution in [0.25, 0.3) is 0 Å². The van der Waals surface area contributed by atoms with E-state index in [1.807, 2.05) is 0 Å². The average Bonchev–Trinajstić information content (AvgIpc) is 2.31. The molecule has 0 saturated carbocycles. The van der Waals surface area contributed by atoms with Gasteiger partial charge in [-0.3, -0.25) is 0 Å². The van der Waals surface area contributed by atoms with E-state index in [4.69, 9.17) is 0 Å². The minimum Gasteiger partial charge on any atom is -0.453 e. The zero-order valence-corrected chi connectivity index (χ0v) is 7.33. The van der Waals surface area contributed by atoms with Gasteiger partial charge in [-0.1, -0.05) is 13.8 Å². The van der Waals surface area contributed by atoms with Gasteiger partial charge in [0, 0.05) is 13.1 Å². The molecule has 1 saturated heterocycles. The molecule has 64 valence electrons. The highest BCUT2D eigenvalue weighted by atomic mass is 16.5. The van der Waals surface area contributed by atoms with Crippen molar-refractivity contribution < 1.29 is 9.53 Å². The highest BCUT2D eigenvalue weighted by Crippen LogP contribution is 2.22. The van der Waals surface area contributed by atoms with Crippen LogP contribution in [0.1, 0.15) is 13.8 Å². The van der Waals surface area contributed by atoms with Crippen molar-refractivity contribution in [1.82, 2.24) is 4.90 Å². The van der Waals surface area contributed by atoms with Crippen molar-refractivity contribution >= 4 is 6.09 Å². The van der Waals surface area contributed by atoms with Crippen LogP contribution in [0.4, 0.5) is 4.79 Å². The summed E-state index contributed by atoms with van der Waals surface area (Å²) in [5.74, 6) is 1.21. The first kappa shape index (κ1) is 8.37. The molecule has 1 aliphatic rings. The van der Waals surface area contributed by atoms with Crippen molar-refractivity contribution in [2.24, 2.45) is 11.8 Å². The third-order valence-corrected chi connectivity index (χ3v) is 2.42. The molecule has 3 nitrogen and oxygen atoms in total. The Balaban J connectivity index is 2.46. The first-order valence-corrected chi connectivity index (χ1v) is 3.98. The summed E-state index contributed by atoms with van der Waals surface area (Å²) in [5.41, 5.74) is 0. The van der Waals surface area contributed by atoms with Gasteiger partial charge in [0.05, 0.1) is 7.11 Å². The molecule has 1 fully saturated rings. The maximum Gasteiger partial charge on any atom is 0.409 e. The van der Waals surface area contributed by atoms with Crippen molar-refractivity contribution in [3.05, 3.63) is 0 Å². The largest absolute Gasteiger partial charge is 0.453 e. The number of methoxy groups -OCH3 is 1. The maximum absolute atomic E-state index is 11.0. The van der Waals surface area contributed by atoms with E-state index in [0.717, 1.165) is 13.1 Å². The predicted octanol–water partition coefficient (Wildman–Crippen LogP) is 1.34. The van der Waals surface area contributed by atoms with Crippen LogP contribution in [-0.2, 0) is 4.74 Å². The van der Waals surface area contributed by atoms with Gasteiger partial charge in [0.25, 0.3) is 0 Å². The number of amides is 1. The summed E-state index contributed by atoms with van der Waals surface area (Å²) in [6, 6.07) is 0. The van der Waals surface area contributed by atoms with Gasteiger partial charge in [0.2, 0.25) is 0 Å². The second kappa shape index (κ2) is 3.11. The molecule has 2 unspecified atom stereocenters. The second-order valence-corrected chi connectivity index (χ2v) is 3.33. The summed E-state index contributed by atoms with van der Waals surface area (Å²) in [7, 11) is 1.43. The summed E-state index contributed by atoms with van der Waals surface area (Å²) in [6.07, 6.45) is -0.193. The molecule has 1 aliphatic heterocycles. The molecule has 1 heterocycles. The average molecular weight is 157 g/mol. The molecule has 0 aromatic rings. The summed E-state index contributed by atoms with van der Waals surface area (Å²) in [5, 5.41) is 0. The lowest BCUT2D eigenvalue weighted by atomic mass is 10.0. The van der Waals surface area contributed by atoms with Crippen LogP contribution >= 0.6 is 0 Å². The topological polar surface area (TPSA) is 29.5 Å². The van der Waals surface area contributed by atoms with Crippen molar-refractivity contribution in [2.75, 3.05) is 20.2 Å². The van der Waals surface area contributed by atoms with Crippen molar-refractivity contribution in [1.29, 1.82) is 0 Å². The van der Waals surface area contributed by atoms with E-state index >= 15 is 0 Å². The molecule has 1 amide bonds. The molecule has 0 aromatic heterocycles. The fraction of sp³-hybridized carbons (Fsp3) is 0.875.